The Hall–Kier alpha value is -1.74. The third-order valence-corrected chi connectivity index (χ3v) is 3.25. The molecule has 9 nitrogen and oxygen atoms in total. The Morgan fingerprint density at radius 1 is 1.45 bits per heavy atom. The first-order valence-electron chi connectivity index (χ1n) is 5.73. The molecule has 0 saturated heterocycles. The molecule has 0 aromatic heterocycles. The molecule has 0 radical (unpaired) electrons. The zero-order valence-corrected chi connectivity index (χ0v) is 12.0. The Labute approximate surface area is 123 Å². The van der Waals surface area contributed by atoms with Gasteiger partial charge >= 0.3 is 5.97 Å². The summed E-state index contributed by atoms with van der Waals surface area (Å²) in [5.41, 5.74) is -1.09. The molecule has 0 bridgehead atoms. The minimum Gasteiger partial charge on any atom is -0.868 e. The molecule has 22 heavy (non-hydrogen) atoms. The monoisotopic (exact) mass is 337 g/mol. The van der Waals surface area contributed by atoms with E-state index < -0.39 is 55.4 Å². The number of ether oxygens (including phenoxy) is 1. The van der Waals surface area contributed by atoms with E-state index in [9.17, 15) is 38.8 Å². The molecule has 0 fully saturated rings. The molecule has 0 saturated carbocycles. The van der Waals surface area contributed by atoms with Gasteiger partial charge in [0.15, 0.2) is 12.3 Å². The largest absolute Gasteiger partial charge is 0.868 e. The Balaban J connectivity index is 3.15. The summed E-state index contributed by atoms with van der Waals surface area (Å²) in [6, 6.07) is 0. The first kappa shape index (κ1) is 18.3. The molecule has 0 amide bonds. The van der Waals surface area contributed by atoms with Crippen molar-refractivity contribution in [2.45, 2.75) is 24.5 Å². The summed E-state index contributed by atoms with van der Waals surface area (Å²) in [6.07, 6.45) is -8.12. The summed E-state index contributed by atoms with van der Waals surface area (Å²) < 4.78 is 33.8. The second kappa shape index (κ2) is 6.57. The van der Waals surface area contributed by atoms with Gasteiger partial charge in [0.05, 0.1) is 5.97 Å². The van der Waals surface area contributed by atoms with Gasteiger partial charge in [-0.2, -0.15) is 0 Å². The van der Waals surface area contributed by atoms with Crippen LogP contribution in [0.2, 0.25) is 0 Å². The number of esters is 1. The van der Waals surface area contributed by atoms with Crippen molar-refractivity contribution in [2.75, 3.05) is 6.66 Å². The molecule has 0 aliphatic heterocycles. The van der Waals surface area contributed by atoms with Crippen LogP contribution in [0.3, 0.4) is 0 Å². The lowest BCUT2D eigenvalue weighted by Crippen LogP contribution is -2.52. The molecule has 5 atom stereocenters. The summed E-state index contributed by atoms with van der Waals surface area (Å²) >= 11 is 0. The van der Waals surface area contributed by atoms with Crippen LogP contribution in [0.15, 0.2) is 24.0 Å². The standard InChI is InChI=1S/C11H14FO9P/c1-4(13)11(17)20-9-7(12)5(10(15)16)3-6(8(9)14)21-22(2,18)19/h3,6-9,13-14H,1H2,2H3,(H,15,16)(H,18,19)/p-3/t6-,7+,8+,9+/m0/s1. The van der Waals surface area contributed by atoms with E-state index in [1.807, 2.05) is 0 Å². The highest BCUT2D eigenvalue weighted by Crippen LogP contribution is 2.38. The van der Waals surface area contributed by atoms with E-state index >= 15 is 0 Å². The second-order valence-corrected chi connectivity index (χ2v) is 6.19. The Bertz CT molecular complexity index is 566. The van der Waals surface area contributed by atoms with Gasteiger partial charge in [-0.15, -0.1) is 0 Å². The fourth-order valence-electron chi connectivity index (χ4n) is 1.72. The molecular formula is C11H11FO9P-3. The molecule has 124 valence electrons. The number of alkyl halides is 1. The smallest absolute Gasteiger partial charge is 0.322 e. The Morgan fingerprint density at radius 3 is 2.41 bits per heavy atom. The van der Waals surface area contributed by atoms with Crippen molar-refractivity contribution < 1.29 is 48.0 Å². The third-order valence-electron chi connectivity index (χ3n) is 2.62. The van der Waals surface area contributed by atoms with Gasteiger partial charge in [0, 0.05) is 12.2 Å². The van der Waals surface area contributed by atoms with Crippen LogP contribution < -0.4 is 15.1 Å². The fraction of sp³-hybridized carbons (Fsp3) is 0.455. The second-order valence-electron chi connectivity index (χ2n) is 4.44. The van der Waals surface area contributed by atoms with Crippen molar-refractivity contribution in [2.24, 2.45) is 0 Å². The van der Waals surface area contributed by atoms with E-state index in [4.69, 9.17) is 0 Å². The number of carboxylic acid groups (broad SMARTS) is 1. The molecule has 0 aromatic carbocycles. The van der Waals surface area contributed by atoms with Gasteiger partial charge in [-0.05, 0) is 11.8 Å². The van der Waals surface area contributed by atoms with Gasteiger partial charge in [-0.1, -0.05) is 6.58 Å². The van der Waals surface area contributed by atoms with Crippen molar-refractivity contribution in [3.05, 3.63) is 24.0 Å². The fourth-order valence-corrected chi connectivity index (χ4v) is 2.35. The number of carbonyl (C=O) groups excluding carboxylic acids is 2. The van der Waals surface area contributed by atoms with Crippen molar-refractivity contribution in [1.82, 2.24) is 0 Å². The van der Waals surface area contributed by atoms with Crippen LogP contribution in [0.25, 0.3) is 0 Å². The predicted molar refractivity (Wildman–Crippen MR) is 61.4 cm³/mol. The van der Waals surface area contributed by atoms with Crippen molar-refractivity contribution in [3.8, 4) is 0 Å². The number of aliphatic hydroxyl groups excluding tert-OH is 1. The number of hydrogen-bond acceptors (Lipinski definition) is 9. The highest BCUT2D eigenvalue weighted by Gasteiger charge is 2.44. The van der Waals surface area contributed by atoms with Crippen molar-refractivity contribution in [3.63, 3.8) is 0 Å². The molecular weight excluding hydrogens is 326 g/mol. The minimum atomic E-state index is -4.44. The van der Waals surface area contributed by atoms with Crippen LogP contribution in [-0.4, -0.2) is 48.2 Å². The molecule has 1 N–H and O–H groups in total. The summed E-state index contributed by atoms with van der Waals surface area (Å²) in [6.45, 7) is 3.33. The van der Waals surface area contributed by atoms with E-state index in [0.717, 1.165) is 0 Å². The number of aliphatic hydroxyl groups is 1. The Kier molecular flexibility index (Phi) is 5.47. The number of rotatable bonds is 5. The SMILES string of the molecule is C=C([O-])C(=O)O[C@H]1[C@H](O)[C@@H](OP(C)(=O)[O-])C=C(C(=O)[O-])[C@H]1F. The van der Waals surface area contributed by atoms with Crippen molar-refractivity contribution >= 4 is 19.5 Å². The number of aliphatic carboxylic acids is 1. The average Bonchev–Trinajstić information content (AvgIpc) is 2.35. The maximum Gasteiger partial charge on any atom is 0.322 e. The van der Waals surface area contributed by atoms with Gasteiger partial charge in [0.2, 0.25) is 0 Å². The third kappa shape index (κ3) is 4.38. The van der Waals surface area contributed by atoms with Gasteiger partial charge in [0.25, 0.3) is 0 Å². The quantitative estimate of drug-likeness (QED) is 0.235. The highest BCUT2D eigenvalue weighted by atomic mass is 31.2. The topological polar surface area (TPSA) is 159 Å². The summed E-state index contributed by atoms with van der Waals surface area (Å²) in [4.78, 5) is 33.0. The maximum absolute atomic E-state index is 14.0. The van der Waals surface area contributed by atoms with E-state index in [1.165, 1.54) is 0 Å². The molecule has 1 unspecified atom stereocenters. The van der Waals surface area contributed by atoms with Gasteiger partial charge in [0.1, 0.15) is 19.8 Å². The van der Waals surface area contributed by atoms with Gasteiger partial charge in [-0.25, -0.2) is 9.18 Å². The normalized spacial score (nSPS) is 30.8. The van der Waals surface area contributed by atoms with Crippen molar-refractivity contribution in [1.29, 1.82) is 0 Å². The zero-order chi connectivity index (χ0) is 17.2. The van der Waals surface area contributed by atoms with Crippen LogP contribution in [-0.2, 0) is 23.4 Å². The van der Waals surface area contributed by atoms with Crippen LogP contribution >= 0.6 is 7.60 Å². The van der Waals surface area contributed by atoms with Crippen LogP contribution in [0.1, 0.15) is 0 Å². The van der Waals surface area contributed by atoms with E-state index in [2.05, 4.69) is 15.8 Å². The average molecular weight is 337 g/mol. The maximum atomic E-state index is 14.0. The summed E-state index contributed by atoms with van der Waals surface area (Å²) in [5.74, 6) is -5.02. The van der Waals surface area contributed by atoms with Crippen LogP contribution in [0.5, 0.6) is 0 Å². The Morgan fingerprint density at radius 2 is 2.00 bits per heavy atom. The molecule has 11 heteroatoms. The van der Waals surface area contributed by atoms with E-state index in [1.54, 1.807) is 0 Å². The molecule has 1 aliphatic carbocycles. The number of carbonyl (C=O) groups is 2. The number of hydrogen-bond donors (Lipinski definition) is 1. The summed E-state index contributed by atoms with van der Waals surface area (Å²) in [7, 11) is -4.44. The predicted octanol–water partition coefficient (Wildman–Crippen LogP) is -3.27. The lowest BCUT2D eigenvalue weighted by Gasteiger charge is -2.38. The lowest BCUT2D eigenvalue weighted by atomic mass is 9.90. The van der Waals surface area contributed by atoms with Crippen LogP contribution in [0, 0.1) is 0 Å². The molecule has 1 aliphatic rings. The highest BCUT2D eigenvalue weighted by molar-refractivity contribution is 7.50. The van der Waals surface area contributed by atoms with Crippen LogP contribution in [0.4, 0.5) is 4.39 Å². The minimum absolute atomic E-state index is 0.495. The first-order valence-corrected chi connectivity index (χ1v) is 7.72. The zero-order valence-electron chi connectivity index (χ0n) is 11.1. The first-order chi connectivity index (χ1) is 9.94. The molecule has 1 rings (SSSR count). The molecule has 0 spiro atoms. The lowest BCUT2D eigenvalue weighted by molar-refractivity contribution is -0.305. The van der Waals surface area contributed by atoms with Gasteiger partial charge < -0.3 is 38.8 Å². The van der Waals surface area contributed by atoms with E-state index in [-0.39, 0.29) is 0 Å². The molecule has 0 heterocycles. The van der Waals surface area contributed by atoms with E-state index in [0.29, 0.717) is 12.7 Å². The van der Waals surface area contributed by atoms with Gasteiger partial charge in [-0.3, -0.25) is 0 Å². The number of halogens is 1. The summed E-state index contributed by atoms with van der Waals surface area (Å²) in [5, 5.41) is 31.3. The number of carboxylic acids is 1. The molecule has 0 aromatic rings.